The molecule has 0 aromatic heterocycles. The second-order valence-electron chi connectivity index (χ2n) is 6.90. The summed E-state index contributed by atoms with van der Waals surface area (Å²) in [6, 6.07) is 2.95. The minimum Gasteiger partial charge on any atom is -0.469 e. The summed E-state index contributed by atoms with van der Waals surface area (Å²) < 4.78 is 29.5. The Bertz CT molecular complexity index is 725. The molecule has 2 heterocycles. The van der Waals surface area contributed by atoms with Gasteiger partial charge in [-0.05, 0) is 30.0 Å². The van der Waals surface area contributed by atoms with Gasteiger partial charge in [0.25, 0.3) is 0 Å². The summed E-state index contributed by atoms with van der Waals surface area (Å²) in [6.45, 7) is 4.45. The number of fused-ring (bicyclic) bond motifs is 1. The van der Waals surface area contributed by atoms with E-state index in [0.29, 0.717) is 31.9 Å². The second kappa shape index (κ2) is 8.56. The molecule has 1 N–H and O–H groups in total. The summed E-state index contributed by atoms with van der Waals surface area (Å²) in [4.78, 5) is 18.2. The number of rotatable bonds is 4. The van der Waals surface area contributed by atoms with E-state index in [2.05, 4.69) is 15.2 Å². The van der Waals surface area contributed by atoms with Crippen molar-refractivity contribution >= 4 is 11.9 Å². The highest BCUT2D eigenvalue weighted by Crippen LogP contribution is 2.29. The van der Waals surface area contributed by atoms with E-state index in [1.54, 1.807) is 7.05 Å². The molecule has 2 aliphatic heterocycles. The SMILES string of the molecule is CN=C(NCCc1cc(F)cc2c1OCOC2)N1CC(C)C(C(=O)OC)C1. The molecule has 1 aromatic carbocycles. The lowest BCUT2D eigenvalue weighted by molar-refractivity contribution is -0.145. The molecule has 1 fully saturated rings. The summed E-state index contributed by atoms with van der Waals surface area (Å²) in [5.74, 6) is 0.988. The predicted molar refractivity (Wildman–Crippen MR) is 98.0 cm³/mol. The van der Waals surface area contributed by atoms with Crippen LogP contribution in [0.25, 0.3) is 0 Å². The molecule has 0 radical (unpaired) electrons. The van der Waals surface area contributed by atoms with Crippen LogP contribution in [0, 0.1) is 17.7 Å². The number of carbonyl (C=O) groups excluding carboxylic acids is 1. The Labute approximate surface area is 158 Å². The zero-order valence-corrected chi connectivity index (χ0v) is 16.0. The molecule has 0 spiro atoms. The number of nitrogens with one attached hydrogen (secondary N) is 1. The number of guanidine groups is 1. The van der Waals surface area contributed by atoms with Crippen molar-refractivity contribution < 1.29 is 23.4 Å². The fourth-order valence-electron chi connectivity index (χ4n) is 3.68. The molecule has 0 saturated carbocycles. The van der Waals surface area contributed by atoms with Crippen LogP contribution in [0.5, 0.6) is 5.75 Å². The van der Waals surface area contributed by atoms with Crippen molar-refractivity contribution in [2.75, 3.05) is 40.6 Å². The van der Waals surface area contributed by atoms with Crippen molar-refractivity contribution in [2.45, 2.75) is 20.0 Å². The van der Waals surface area contributed by atoms with E-state index in [0.717, 1.165) is 23.6 Å². The maximum Gasteiger partial charge on any atom is 0.310 e. The highest BCUT2D eigenvalue weighted by Gasteiger charge is 2.36. The molecule has 2 unspecified atom stereocenters. The normalized spacial score (nSPS) is 22.2. The van der Waals surface area contributed by atoms with Crippen LogP contribution in [0.1, 0.15) is 18.1 Å². The molecule has 1 aromatic rings. The van der Waals surface area contributed by atoms with Gasteiger partial charge in [0.1, 0.15) is 11.6 Å². The number of carbonyl (C=O) groups is 1. The van der Waals surface area contributed by atoms with Gasteiger partial charge in [0, 0.05) is 32.2 Å². The number of methoxy groups -OCH3 is 1. The molecule has 27 heavy (non-hydrogen) atoms. The summed E-state index contributed by atoms with van der Waals surface area (Å²) in [6.07, 6.45) is 0.586. The van der Waals surface area contributed by atoms with Crippen molar-refractivity contribution in [1.82, 2.24) is 10.2 Å². The average Bonchev–Trinajstić information content (AvgIpc) is 3.05. The van der Waals surface area contributed by atoms with Crippen LogP contribution in [0.2, 0.25) is 0 Å². The summed E-state index contributed by atoms with van der Waals surface area (Å²) in [7, 11) is 3.13. The van der Waals surface area contributed by atoms with Gasteiger partial charge < -0.3 is 24.4 Å². The maximum atomic E-state index is 13.8. The molecule has 2 aliphatic rings. The zero-order chi connectivity index (χ0) is 19.4. The van der Waals surface area contributed by atoms with Crippen LogP contribution in [-0.2, 0) is 27.3 Å². The Morgan fingerprint density at radius 2 is 2.26 bits per heavy atom. The van der Waals surface area contributed by atoms with Crippen LogP contribution in [-0.4, -0.2) is 57.4 Å². The van der Waals surface area contributed by atoms with E-state index in [-0.39, 0.29) is 30.4 Å². The average molecular weight is 379 g/mol. The monoisotopic (exact) mass is 379 g/mol. The van der Waals surface area contributed by atoms with Crippen LogP contribution < -0.4 is 10.1 Å². The Morgan fingerprint density at radius 3 is 3.00 bits per heavy atom. The van der Waals surface area contributed by atoms with Gasteiger partial charge in [0.2, 0.25) is 0 Å². The van der Waals surface area contributed by atoms with Gasteiger partial charge in [-0.25, -0.2) is 4.39 Å². The first kappa shape index (κ1) is 19.4. The summed E-state index contributed by atoms with van der Waals surface area (Å²) in [5.41, 5.74) is 1.54. The lowest BCUT2D eigenvalue weighted by Crippen LogP contribution is -2.41. The Hall–Kier alpha value is -2.35. The molecule has 7 nitrogen and oxygen atoms in total. The van der Waals surface area contributed by atoms with Crippen molar-refractivity contribution in [3.05, 3.63) is 29.1 Å². The highest BCUT2D eigenvalue weighted by atomic mass is 19.1. The molecule has 1 saturated heterocycles. The van der Waals surface area contributed by atoms with E-state index < -0.39 is 0 Å². The largest absolute Gasteiger partial charge is 0.469 e. The Kier molecular flexibility index (Phi) is 6.15. The molecule has 0 aliphatic carbocycles. The third-order valence-corrected chi connectivity index (χ3v) is 5.06. The lowest BCUT2D eigenvalue weighted by atomic mass is 9.99. The molecule has 148 valence electrons. The van der Waals surface area contributed by atoms with E-state index in [1.165, 1.54) is 19.2 Å². The van der Waals surface area contributed by atoms with Crippen LogP contribution >= 0.6 is 0 Å². The van der Waals surface area contributed by atoms with Gasteiger partial charge in [-0.3, -0.25) is 9.79 Å². The first-order valence-electron chi connectivity index (χ1n) is 9.08. The van der Waals surface area contributed by atoms with Gasteiger partial charge >= 0.3 is 5.97 Å². The summed E-state index contributed by atoms with van der Waals surface area (Å²) >= 11 is 0. The van der Waals surface area contributed by atoms with E-state index in [9.17, 15) is 9.18 Å². The number of ether oxygens (including phenoxy) is 3. The quantitative estimate of drug-likeness (QED) is 0.486. The van der Waals surface area contributed by atoms with Gasteiger partial charge in [0.05, 0.1) is 19.6 Å². The van der Waals surface area contributed by atoms with Crippen LogP contribution in [0.4, 0.5) is 4.39 Å². The Morgan fingerprint density at radius 1 is 1.44 bits per heavy atom. The third-order valence-electron chi connectivity index (χ3n) is 5.06. The van der Waals surface area contributed by atoms with Gasteiger partial charge in [-0.15, -0.1) is 0 Å². The third kappa shape index (κ3) is 4.32. The van der Waals surface area contributed by atoms with E-state index in [1.807, 2.05) is 6.92 Å². The van der Waals surface area contributed by atoms with Gasteiger partial charge in [0.15, 0.2) is 12.8 Å². The predicted octanol–water partition coefficient (Wildman–Crippen LogP) is 1.55. The van der Waals surface area contributed by atoms with Gasteiger partial charge in [-0.2, -0.15) is 0 Å². The lowest BCUT2D eigenvalue weighted by Gasteiger charge is -2.23. The molecule has 3 rings (SSSR count). The van der Waals surface area contributed by atoms with E-state index >= 15 is 0 Å². The number of esters is 1. The van der Waals surface area contributed by atoms with Crippen LogP contribution in [0.3, 0.4) is 0 Å². The number of aliphatic imine (C=N–C) groups is 1. The number of hydrogen-bond donors (Lipinski definition) is 1. The number of likely N-dealkylation sites (tertiary alicyclic amines) is 1. The summed E-state index contributed by atoms with van der Waals surface area (Å²) in [5, 5.41) is 3.30. The minimum atomic E-state index is -0.295. The molecular weight excluding hydrogens is 353 g/mol. The van der Waals surface area contributed by atoms with Crippen molar-refractivity contribution in [3.8, 4) is 5.75 Å². The Balaban J connectivity index is 1.60. The molecule has 0 amide bonds. The van der Waals surface area contributed by atoms with Gasteiger partial charge in [-0.1, -0.05) is 6.92 Å². The molecular formula is C19H26FN3O4. The van der Waals surface area contributed by atoms with E-state index in [4.69, 9.17) is 14.2 Å². The second-order valence-corrected chi connectivity index (χ2v) is 6.90. The molecule has 0 bridgehead atoms. The number of nitrogens with zero attached hydrogens (tertiary/aromatic N) is 2. The standard InChI is InChI=1S/C19H26FN3O4/c1-12-8-23(9-16(12)18(24)25-3)19(21-2)22-5-4-13-6-15(20)7-14-10-26-11-27-17(13)14/h6-7,12,16H,4-5,8-11H2,1-3H3,(H,21,22). The topological polar surface area (TPSA) is 72.4 Å². The van der Waals surface area contributed by atoms with Crippen molar-refractivity contribution in [3.63, 3.8) is 0 Å². The minimum absolute atomic E-state index is 0.155. The number of hydrogen-bond acceptors (Lipinski definition) is 5. The van der Waals surface area contributed by atoms with Crippen LogP contribution in [0.15, 0.2) is 17.1 Å². The maximum absolute atomic E-state index is 13.8. The molecule has 2 atom stereocenters. The first-order chi connectivity index (χ1) is 13.0. The van der Waals surface area contributed by atoms with Crippen molar-refractivity contribution in [1.29, 1.82) is 0 Å². The molecule has 8 heteroatoms. The number of halogens is 1. The smallest absolute Gasteiger partial charge is 0.310 e. The fourth-order valence-corrected chi connectivity index (χ4v) is 3.68. The highest BCUT2D eigenvalue weighted by molar-refractivity contribution is 5.82. The first-order valence-corrected chi connectivity index (χ1v) is 9.08. The fraction of sp³-hybridized carbons (Fsp3) is 0.579. The zero-order valence-electron chi connectivity index (χ0n) is 16.0. The van der Waals surface area contributed by atoms with Crippen molar-refractivity contribution in [2.24, 2.45) is 16.8 Å². The number of benzene rings is 1.